The van der Waals surface area contributed by atoms with Crippen molar-refractivity contribution < 1.29 is 9.21 Å². The molecular weight excluding hydrogens is 292 g/mol. The van der Waals surface area contributed by atoms with Crippen molar-refractivity contribution in [3.63, 3.8) is 0 Å². The highest BCUT2D eigenvalue weighted by Gasteiger charge is 2.29. The maximum Gasteiger partial charge on any atom is 0.349 e. The van der Waals surface area contributed by atoms with Crippen molar-refractivity contribution in [1.82, 2.24) is 4.98 Å². The van der Waals surface area contributed by atoms with Gasteiger partial charge in [-0.3, -0.25) is 9.78 Å². The SMILES string of the molecule is Cc1c(C(=O)N2CCc3cnccc32)c(=O)oc2ccccc12. The lowest BCUT2D eigenvalue weighted by Gasteiger charge is -2.18. The smallest absolute Gasteiger partial charge is 0.349 e. The van der Waals surface area contributed by atoms with Crippen molar-refractivity contribution in [3.8, 4) is 0 Å². The zero-order valence-electron chi connectivity index (χ0n) is 12.6. The number of anilines is 1. The third-order valence-electron chi connectivity index (χ3n) is 4.31. The van der Waals surface area contributed by atoms with Crippen LogP contribution in [0.15, 0.2) is 51.9 Å². The molecule has 3 aromatic rings. The van der Waals surface area contributed by atoms with Crippen molar-refractivity contribution in [2.45, 2.75) is 13.3 Å². The summed E-state index contributed by atoms with van der Waals surface area (Å²) in [5.41, 5.74) is 2.50. The number of aryl methyl sites for hydroxylation is 1. The van der Waals surface area contributed by atoms with Gasteiger partial charge in [0, 0.05) is 24.3 Å². The van der Waals surface area contributed by atoms with Crippen molar-refractivity contribution in [1.29, 1.82) is 0 Å². The average Bonchev–Trinajstić information content (AvgIpc) is 2.99. The van der Waals surface area contributed by atoms with Gasteiger partial charge in [0.1, 0.15) is 11.1 Å². The van der Waals surface area contributed by atoms with Crippen LogP contribution in [0.5, 0.6) is 0 Å². The zero-order valence-corrected chi connectivity index (χ0v) is 12.6. The number of hydrogen-bond acceptors (Lipinski definition) is 4. The summed E-state index contributed by atoms with van der Waals surface area (Å²) < 4.78 is 5.33. The minimum atomic E-state index is -0.589. The molecule has 0 N–H and O–H groups in total. The summed E-state index contributed by atoms with van der Waals surface area (Å²) in [6.07, 6.45) is 4.16. The normalized spacial score (nSPS) is 13.3. The van der Waals surface area contributed by atoms with Gasteiger partial charge in [-0.25, -0.2) is 4.79 Å². The highest BCUT2D eigenvalue weighted by atomic mass is 16.4. The lowest BCUT2D eigenvalue weighted by molar-refractivity contribution is 0.0985. The molecular formula is C18H14N2O3. The van der Waals surface area contributed by atoms with E-state index in [1.807, 2.05) is 12.1 Å². The standard InChI is InChI=1S/C18H14N2O3/c1-11-13-4-2-3-5-15(13)23-18(22)16(11)17(21)20-9-7-12-10-19-8-6-14(12)20/h2-6,8,10H,7,9H2,1H3. The number of hydrogen-bond donors (Lipinski definition) is 0. The molecule has 0 saturated heterocycles. The number of benzene rings is 1. The number of rotatable bonds is 1. The van der Waals surface area contributed by atoms with E-state index in [-0.39, 0.29) is 11.5 Å². The van der Waals surface area contributed by atoms with Gasteiger partial charge in [0.2, 0.25) is 0 Å². The van der Waals surface area contributed by atoms with E-state index >= 15 is 0 Å². The van der Waals surface area contributed by atoms with E-state index in [1.165, 1.54) is 0 Å². The molecule has 1 amide bonds. The van der Waals surface area contributed by atoms with Crippen molar-refractivity contribution in [2.75, 3.05) is 11.4 Å². The van der Waals surface area contributed by atoms with Gasteiger partial charge in [-0.2, -0.15) is 0 Å². The van der Waals surface area contributed by atoms with Gasteiger partial charge in [-0.15, -0.1) is 0 Å². The Labute approximate surface area is 132 Å². The Balaban J connectivity index is 1.87. The van der Waals surface area contributed by atoms with Gasteiger partial charge < -0.3 is 9.32 Å². The molecule has 0 saturated carbocycles. The third kappa shape index (κ3) is 2.04. The van der Waals surface area contributed by atoms with Crippen LogP contribution in [0.25, 0.3) is 11.0 Å². The summed E-state index contributed by atoms with van der Waals surface area (Å²) in [6, 6.07) is 9.05. The lowest BCUT2D eigenvalue weighted by Crippen LogP contribution is -2.33. The molecule has 0 atom stereocenters. The van der Waals surface area contributed by atoms with E-state index in [4.69, 9.17) is 4.42 Å². The minimum absolute atomic E-state index is 0.105. The number of para-hydroxylation sites is 1. The molecule has 0 unspecified atom stereocenters. The summed E-state index contributed by atoms with van der Waals surface area (Å²) in [5, 5.41) is 0.782. The molecule has 23 heavy (non-hydrogen) atoms. The van der Waals surface area contributed by atoms with Gasteiger partial charge >= 0.3 is 5.63 Å². The molecule has 0 bridgehead atoms. The molecule has 1 aromatic carbocycles. The Hall–Kier alpha value is -2.95. The molecule has 5 heteroatoms. The quantitative estimate of drug-likeness (QED) is 0.648. The minimum Gasteiger partial charge on any atom is -0.422 e. The monoisotopic (exact) mass is 306 g/mol. The van der Waals surface area contributed by atoms with Gasteiger partial charge in [0.05, 0.1) is 5.69 Å². The van der Waals surface area contributed by atoms with Crippen molar-refractivity contribution in [2.24, 2.45) is 0 Å². The molecule has 5 nitrogen and oxygen atoms in total. The maximum absolute atomic E-state index is 12.9. The van der Waals surface area contributed by atoms with E-state index in [1.54, 1.807) is 42.4 Å². The molecule has 1 aliphatic rings. The zero-order chi connectivity index (χ0) is 16.0. The highest BCUT2D eigenvalue weighted by molar-refractivity contribution is 6.09. The summed E-state index contributed by atoms with van der Waals surface area (Å²) in [7, 11) is 0. The van der Waals surface area contributed by atoms with Crippen LogP contribution in [0.3, 0.4) is 0 Å². The van der Waals surface area contributed by atoms with Gasteiger partial charge in [0.25, 0.3) is 5.91 Å². The molecule has 2 aromatic heterocycles. The highest BCUT2D eigenvalue weighted by Crippen LogP contribution is 2.29. The Morgan fingerprint density at radius 2 is 2.09 bits per heavy atom. The van der Waals surface area contributed by atoms with Crippen molar-refractivity contribution >= 4 is 22.6 Å². The number of nitrogens with zero attached hydrogens (tertiary/aromatic N) is 2. The number of carbonyl (C=O) groups is 1. The van der Waals surface area contributed by atoms with Crippen LogP contribution in [0, 0.1) is 6.92 Å². The molecule has 4 rings (SSSR count). The molecule has 0 radical (unpaired) electrons. The maximum atomic E-state index is 12.9. The number of fused-ring (bicyclic) bond motifs is 2. The average molecular weight is 306 g/mol. The Bertz CT molecular complexity index is 991. The number of carbonyl (C=O) groups excluding carboxylic acids is 1. The second-order valence-electron chi connectivity index (χ2n) is 5.60. The fourth-order valence-electron chi connectivity index (χ4n) is 3.13. The predicted molar refractivity (Wildman–Crippen MR) is 86.8 cm³/mol. The molecule has 0 fully saturated rings. The fraction of sp³-hybridized carbons (Fsp3) is 0.167. The summed E-state index contributed by atoms with van der Waals surface area (Å²) >= 11 is 0. The molecule has 3 heterocycles. The van der Waals surface area contributed by atoms with Gasteiger partial charge in [-0.05, 0) is 36.6 Å². The largest absolute Gasteiger partial charge is 0.422 e. The first-order chi connectivity index (χ1) is 11.2. The van der Waals surface area contributed by atoms with Crippen LogP contribution in [0.2, 0.25) is 0 Å². The van der Waals surface area contributed by atoms with Crippen LogP contribution in [-0.2, 0) is 6.42 Å². The Morgan fingerprint density at radius 3 is 2.96 bits per heavy atom. The predicted octanol–water partition coefficient (Wildman–Crippen LogP) is 2.70. The van der Waals surface area contributed by atoms with Crippen LogP contribution in [-0.4, -0.2) is 17.4 Å². The first-order valence-electron chi connectivity index (χ1n) is 7.44. The van der Waals surface area contributed by atoms with E-state index < -0.39 is 5.63 Å². The summed E-state index contributed by atoms with van der Waals surface area (Å²) in [6.45, 7) is 2.33. The Kier molecular flexibility index (Phi) is 3.01. The second kappa shape index (κ2) is 5.05. The van der Waals surface area contributed by atoms with Crippen LogP contribution >= 0.6 is 0 Å². The topological polar surface area (TPSA) is 63.4 Å². The second-order valence-corrected chi connectivity index (χ2v) is 5.60. The lowest BCUT2D eigenvalue weighted by atomic mass is 10.1. The number of pyridine rings is 1. The molecule has 0 spiro atoms. The van der Waals surface area contributed by atoms with E-state index in [0.717, 1.165) is 23.1 Å². The molecule has 0 aliphatic carbocycles. The first kappa shape index (κ1) is 13.7. The van der Waals surface area contributed by atoms with Gasteiger partial charge in [-0.1, -0.05) is 18.2 Å². The van der Waals surface area contributed by atoms with E-state index in [0.29, 0.717) is 17.7 Å². The summed E-state index contributed by atoms with van der Waals surface area (Å²) in [5.74, 6) is -0.313. The Morgan fingerprint density at radius 1 is 1.26 bits per heavy atom. The third-order valence-corrected chi connectivity index (χ3v) is 4.31. The van der Waals surface area contributed by atoms with Crippen LogP contribution in [0.4, 0.5) is 5.69 Å². The first-order valence-corrected chi connectivity index (χ1v) is 7.44. The van der Waals surface area contributed by atoms with Gasteiger partial charge in [0.15, 0.2) is 0 Å². The van der Waals surface area contributed by atoms with E-state index in [9.17, 15) is 9.59 Å². The van der Waals surface area contributed by atoms with Crippen LogP contribution in [0.1, 0.15) is 21.5 Å². The fourth-order valence-corrected chi connectivity index (χ4v) is 3.13. The number of aromatic nitrogens is 1. The molecule has 114 valence electrons. The molecule has 1 aliphatic heterocycles. The number of amides is 1. The van der Waals surface area contributed by atoms with E-state index in [2.05, 4.69) is 4.98 Å². The van der Waals surface area contributed by atoms with Crippen molar-refractivity contribution in [3.05, 3.63) is 69.8 Å². The van der Waals surface area contributed by atoms with Crippen LogP contribution < -0.4 is 10.5 Å². The summed E-state index contributed by atoms with van der Waals surface area (Å²) in [4.78, 5) is 31.0.